The summed E-state index contributed by atoms with van der Waals surface area (Å²) in [6.45, 7) is 6.79. The van der Waals surface area contributed by atoms with Gasteiger partial charge in [-0.3, -0.25) is 0 Å². The highest BCUT2D eigenvalue weighted by atomic mass is 16.5. The van der Waals surface area contributed by atoms with Crippen molar-refractivity contribution in [2.75, 3.05) is 11.9 Å². The Morgan fingerprint density at radius 1 is 1.38 bits per heavy atom. The van der Waals surface area contributed by atoms with Crippen molar-refractivity contribution in [3.8, 4) is 11.3 Å². The predicted octanol–water partition coefficient (Wildman–Crippen LogP) is 3.11. The third-order valence-corrected chi connectivity index (χ3v) is 3.36. The highest BCUT2D eigenvalue weighted by Gasteiger charge is 2.25. The van der Waals surface area contributed by atoms with Crippen molar-refractivity contribution in [2.45, 2.75) is 45.8 Å². The molecule has 6 heteroatoms. The molecule has 3 rings (SSSR count). The predicted molar refractivity (Wildman–Crippen MR) is 79.0 cm³/mol. The Morgan fingerprint density at radius 2 is 2.24 bits per heavy atom. The topological polar surface area (TPSA) is 73.1 Å². The standard InChI is InChI=1S/C15H20N4O2/c1-9(2)17-15-16-8-11(13-7-10(3)19-21-13)14(18-15)12-5-4-6-20-12/h7-9,12H,4-6H2,1-3H3,(H,16,17,18)/t12-/m1/s1. The Morgan fingerprint density at radius 3 is 2.86 bits per heavy atom. The molecule has 0 amide bonds. The fraction of sp³-hybridized carbons (Fsp3) is 0.533. The second-order valence-corrected chi connectivity index (χ2v) is 5.63. The minimum absolute atomic E-state index is 0.00104. The van der Waals surface area contributed by atoms with Crippen LogP contribution in [0.15, 0.2) is 16.8 Å². The molecule has 3 heterocycles. The molecule has 0 saturated carbocycles. The lowest BCUT2D eigenvalue weighted by Crippen LogP contribution is -2.14. The molecule has 1 atom stereocenters. The fourth-order valence-electron chi connectivity index (χ4n) is 2.44. The van der Waals surface area contributed by atoms with Gasteiger partial charge < -0.3 is 14.6 Å². The van der Waals surface area contributed by atoms with Gasteiger partial charge in [0.05, 0.1) is 17.0 Å². The molecule has 0 spiro atoms. The van der Waals surface area contributed by atoms with Crippen molar-refractivity contribution in [3.05, 3.63) is 23.7 Å². The van der Waals surface area contributed by atoms with Gasteiger partial charge in [-0.15, -0.1) is 0 Å². The summed E-state index contributed by atoms with van der Waals surface area (Å²) < 4.78 is 11.2. The number of hydrogen-bond acceptors (Lipinski definition) is 6. The van der Waals surface area contributed by atoms with Crippen LogP contribution >= 0.6 is 0 Å². The van der Waals surface area contributed by atoms with E-state index in [1.807, 2.05) is 13.0 Å². The molecule has 1 saturated heterocycles. The maximum atomic E-state index is 5.79. The zero-order valence-electron chi connectivity index (χ0n) is 12.6. The van der Waals surface area contributed by atoms with E-state index in [0.29, 0.717) is 11.7 Å². The van der Waals surface area contributed by atoms with Crippen molar-refractivity contribution >= 4 is 5.95 Å². The lowest BCUT2D eigenvalue weighted by molar-refractivity contribution is 0.109. The summed E-state index contributed by atoms with van der Waals surface area (Å²) in [5, 5.41) is 7.17. The van der Waals surface area contributed by atoms with E-state index >= 15 is 0 Å². The zero-order chi connectivity index (χ0) is 14.8. The van der Waals surface area contributed by atoms with Crippen molar-refractivity contribution in [3.63, 3.8) is 0 Å². The molecule has 2 aromatic rings. The van der Waals surface area contributed by atoms with Crippen LogP contribution < -0.4 is 5.32 Å². The third-order valence-electron chi connectivity index (χ3n) is 3.36. The molecular weight excluding hydrogens is 268 g/mol. The van der Waals surface area contributed by atoms with Crippen LogP contribution in [0.25, 0.3) is 11.3 Å². The van der Waals surface area contributed by atoms with Gasteiger partial charge in [-0.05, 0) is 33.6 Å². The summed E-state index contributed by atoms with van der Waals surface area (Å²) in [6.07, 6.45) is 3.81. The van der Waals surface area contributed by atoms with Crippen LogP contribution in [0.1, 0.15) is 44.2 Å². The number of rotatable bonds is 4. The number of nitrogens with zero attached hydrogens (tertiary/aromatic N) is 3. The lowest BCUT2D eigenvalue weighted by Gasteiger charge is -2.15. The number of hydrogen-bond donors (Lipinski definition) is 1. The van der Waals surface area contributed by atoms with E-state index in [4.69, 9.17) is 9.26 Å². The van der Waals surface area contributed by atoms with Gasteiger partial charge >= 0.3 is 0 Å². The van der Waals surface area contributed by atoms with E-state index in [-0.39, 0.29) is 12.1 Å². The number of ether oxygens (including phenoxy) is 1. The molecule has 0 bridgehead atoms. The van der Waals surface area contributed by atoms with Crippen molar-refractivity contribution in [1.29, 1.82) is 0 Å². The number of nitrogens with one attached hydrogen (secondary N) is 1. The average molecular weight is 288 g/mol. The van der Waals surface area contributed by atoms with E-state index in [0.717, 1.165) is 36.4 Å². The summed E-state index contributed by atoms with van der Waals surface area (Å²) in [6, 6.07) is 2.17. The van der Waals surface area contributed by atoms with E-state index in [1.54, 1.807) is 6.20 Å². The monoisotopic (exact) mass is 288 g/mol. The second-order valence-electron chi connectivity index (χ2n) is 5.63. The fourth-order valence-corrected chi connectivity index (χ4v) is 2.44. The smallest absolute Gasteiger partial charge is 0.223 e. The van der Waals surface area contributed by atoms with Crippen molar-refractivity contribution in [2.24, 2.45) is 0 Å². The third kappa shape index (κ3) is 3.05. The summed E-state index contributed by atoms with van der Waals surface area (Å²) in [7, 11) is 0. The second kappa shape index (κ2) is 5.81. The number of aromatic nitrogens is 3. The molecule has 112 valence electrons. The summed E-state index contributed by atoms with van der Waals surface area (Å²) in [5.74, 6) is 1.31. The van der Waals surface area contributed by atoms with Gasteiger partial charge in [0.15, 0.2) is 5.76 Å². The molecule has 2 aromatic heterocycles. The van der Waals surface area contributed by atoms with Gasteiger partial charge in [-0.1, -0.05) is 5.16 Å². The maximum Gasteiger partial charge on any atom is 0.223 e. The van der Waals surface area contributed by atoms with Crippen LogP contribution in [0.4, 0.5) is 5.95 Å². The van der Waals surface area contributed by atoms with Gasteiger partial charge in [0.1, 0.15) is 6.10 Å². The first-order valence-corrected chi connectivity index (χ1v) is 7.32. The van der Waals surface area contributed by atoms with Gasteiger partial charge in [0, 0.05) is 24.9 Å². The Balaban J connectivity index is 2.01. The molecule has 1 aliphatic heterocycles. The van der Waals surface area contributed by atoms with Crippen LogP contribution in [-0.2, 0) is 4.74 Å². The number of anilines is 1. The summed E-state index contributed by atoms with van der Waals surface area (Å²) >= 11 is 0. The molecule has 1 fully saturated rings. The highest BCUT2D eigenvalue weighted by molar-refractivity contribution is 5.61. The SMILES string of the molecule is Cc1cc(-c2cnc(NC(C)C)nc2[C@H]2CCCO2)on1. The summed E-state index contributed by atoms with van der Waals surface area (Å²) in [4.78, 5) is 9.02. The molecule has 0 aromatic carbocycles. The Hall–Kier alpha value is -1.95. The average Bonchev–Trinajstić information content (AvgIpc) is 3.09. The molecule has 0 radical (unpaired) electrons. The van der Waals surface area contributed by atoms with Crippen LogP contribution in [0.2, 0.25) is 0 Å². The van der Waals surface area contributed by atoms with Crippen LogP contribution in [0, 0.1) is 6.92 Å². The molecule has 21 heavy (non-hydrogen) atoms. The van der Waals surface area contributed by atoms with E-state index < -0.39 is 0 Å². The van der Waals surface area contributed by atoms with Gasteiger partial charge in [0.2, 0.25) is 5.95 Å². The normalized spacial score (nSPS) is 18.4. The highest BCUT2D eigenvalue weighted by Crippen LogP contribution is 2.34. The Bertz CT molecular complexity index is 618. The number of aryl methyl sites for hydroxylation is 1. The summed E-state index contributed by atoms with van der Waals surface area (Å²) in [5.41, 5.74) is 2.58. The first-order chi connectivity index (χ1) is 10.1. The molecule has 0 aliphatic carbocycles. The molecule has 0 unspecified atom stereocenters. The van der Waals surface area contributed by atoms with Crippen molar-refractivity contribution < 1.29 is 9.26 Å². The maximum absolute atomic E-state index is 5.79. The van der Waals surface area contributed by atoms with Crippen LogP contribution in [0.3, 0.4) is 0 Å². The first kappa shape index (κ1) is 14.0. The van der Waals surface area contributed by atoms with Gasteiger partial charge in [-0.25, -0.2) is 9.97 Å². The molecule has 6 nitrogen and oxygen atoms in total. The lowest BCUT2D eigenvalue weighted by atomic mass is 10.1. The van der Waals surface area contributed by atoms with E-state index in [1.165, 1.54) is 0 Å². The van der Waals surface area contributed by atoms with Crippen LogP contribution in [-0.4, -0.2) is 27.8 Å². The van der Waals surface area contributed by atoms with Crippen molar-refractivity contribution in [1.82, 2.24) is 15.1 Å². The zero-order valence-corrected chi connectivity index (χ0v) is 12.6. The first-order valence-electron chi connectivity index (χ1n) is 7.32. The Kier molecular flexibility index (Phi) is 3.88. The Labute approximate surface area is 123 Å². The largest absolute Gasteiger partial charge is 0.372 e. The van der Waals surface area contributed by atoms with E-state index in [2.05, 4.69) is 34.3 Å². The molecular formula is C15H20N4O2. The minimum atomic E-state index is 0.00104. The van der Waals surface area contributed by atoms with Crippen LogP contribution in [0.5, 0.6) is 0 Å². The molecule has 1 aliphatic rings. The minimum Gasteiger partial charge on any atom is -0.372 e. The van der Waals surface area contributed by atoms with Gasteiger partial charge in [0.25, 0.3) is 0 Å². The van der Waals surface area contributed by atoms with E-state index in [9.17, 15) is 0 Å². The quantitative estimate of drug-likeness (QED) is 0.932. The van der Waals surface area contributed by atoms with Gasteiger partial charge in [-0.2, -0.15) is 0 Å². The molecule has 1 N–H and O–H groups in total.